The number of carbonyl (C=O) groups is 1. The molecule has 0 saturated heterocycles. The van der Waals surface area contributed by atoms with Crippen LogP contribution in [0.3, 0.4) is 0 Å². The number of para-hydroxylation sites is 1. The van der Waals surface area contributed by atoms with Crippen LogP contribution < -0.4 is 9.64 Å². The summed E-state index contributed by atoms with van der Waals surface area (Å²) in [7, 11) is 3.89. The molecule has 0 bridgehead atoms. The third kappa shape index (κ3) is 4.66. The van der Waals surface area contributed by atoms with E-state index in [9.17, 15) is 9.18 Å². The van der Waals surface area contributed by atoms with Crippen LogP contribution >= 0.6 is 11.3 Å². The Bertz CT molecular complexity index is 954. The summed E-state index contributed by atoms with van der Waals surface area (Å²) >= 11 is 1.32. The van der Waals surface area contributed by atoms with Gasteiger partial charge in [-0.1, -0.05) is 17.4 Å². The highest BCUT2D eigenvalue weighted by Crippen LogP contribution is 2.31. The van der Waals surface area contributed by atoms with Crippen molar-refractivity contribution in [2.75, 3.05) is 32.1 Å². The minimum Gasteiger partial charge on any atom is -0.491 e. The van der Waals surface area contributed by atoms with Crippen molar-refractivity contribution in [1.29, 1.82) is 0 Å². The molecule has 1 amide bonds. The second kappa shape index (κ2) is 8.67. The SMILES string of the molecule is CC(C)Oc1ccc(C(=O)N(CCN(C)C)c2nc3c(F)cccc3s2)cc1. The summed E-state index contributed by atoms with van der Waals surface area (Å²) in [5.41, 5.74) is 0.834. The number of thiazole rings is 1. The molecule has 148 valence electrons. The maximum atomic E-state index is 14.1. The number of amides is 1. The van der Waals surface area contributed by atoms with E-state index in [1.165, 1.54) is 17.4 Å². The van der Waals surface area contributed by atoms with Crippen molar-refractivity contribution in [2.24, 2.45) is 0 Å². The number of anilines is 1. The number of likely N-dealkylation sites (N-methyl/N-ethyl adjacent to an activating group) is 1. The topological polar surface area (TPSA) is 45.7 Å². The van der Waals surface area contributed by atoms with Crippen molar-refractivity contribution in [3.8, 4) is 5.75 Å². The van der Waals surface area contributed by atoms with E-state index >= 15 is 0 Å². The zero-order valence-corrected chi connectivity index (χ0v) is 17.3. The summed E-state index contributed by atoms with van der Waals surface area (Å²) in [4.78, 5) is 21.2. The van der Waals surface area contributed by atoms with Crippen molar-refractivity contribution in [1.82, 2.24) is 9.88 Å². The van der Waals surface area contributed by atoms with Gasteiger partial charge in [-0.25, -0.2) is 9.37 Å². The lowest BCUT2D eigenvalue weighted by atomic mass is 10.2. The lowest BCUT2D eigenvalue weighted by Gasteiger charge is -2.22. The molecule has 3 rings (SSSR count). The van der Waals surface area contributed by atoms with E-state index in [4.69, 9.17) is 4.74 Å². The van der Waals surface area contributed by atoms with Crippen LogP contribution in [0.5, 0.6) is 5.75 Å². The van der Waals surface area contributed by atoms with Gasteiger partial charge in [0, 0.05) is 18.7 Å². The quantitative estimate of drug-likeness (QED) is 0.588. The van der Waals surface area contributed by atoms with Gasteiger partial charge >= 0.3 is 0 Å². The van der Waals surface area contributed by atoms with Crippen LogP contribution in [0.2, 0.25) is 0 Å². The van der Waals surface area contributed by atoms with Crippen molar-refractivity contribution in [3.63, 3.8) is 0 Å². The van der Waals surface area contributed by atoms with Gasteiger partial charge in [0.05, 0.1) is 10.8 Å². The van der Waals surface area contributed by atoms with E-state index in [-0.39, 0.29) is 17.8 Å². The first kappa shape index (κ1) is 20.2. The van der Waals surface area contributed by atoms with Crippen LogP contribution in [0.25, 0.3) is 10.2 Å². The summed E-state index contributed by atoms with van der Waals surface area (Å²) < 4.78 is 20.4. The normalized spacial score (nSPS) is 11.4. The van der Waals surface area contributed by atoms with Crippen LogP contribution in [0.1, 0.15) is 24.2 Å². The highest BCUT2D eigenvalue weighted by atomic mass is 32.1. The third-order valence-electron chi connectivity index (χ3n) is 4.08. The maximum Gasteiger partial charge on any atom is 0.260 e. The van der Waals surface area contributed by atoms with E-state index in [2.05, 4.69) is 4.98 Å². The first-order chi connectivity index (χ1) is 13.3. The number of hydrogen-bond acceptors (Lipinski definition) is 5. The molecule has 0 aliphatic carbocycles. The molecule has 0 aliphatic rings. The van der Waals surface area contributed by atoms with Gasteiger partial charge in [0.25, 0.3) is 5.91 Å². The summed E-state index contributed by atoms with van der Waals surface area (Å²) in [6.45, 7) is 5.03. The molecule has 5 nitrogen and oxygen atoms in total. The predicted molar refractivity (Wildman–Crippen MR) is 112 cm³/mol. The van der Waals surface area contributed by atoms with Gasteiger partial charge in [0.2, 0.25) is 0 Å². The van der Waals surface area contributed by atoms with E-state index in [1.807, 2.05) is 38.9 Å². The number of benzene rings is 2. The summed E-state index contributed by atoms with van der Waals surface area (Å²) in [5.74, 6) is 0.168. The van der Waals surface area contributed by atoms with Crippen LogP contribution in [-0.2, 0) is 0 Å². The monoisotopic (exact) mass is 401 g/mol. The zero-order chi connectivity index (χ0) is 20.3. The molecule has 0 atom stereocenters. The molecule has 1 aromatic heterocycles. The number of fused-ring (bicyclic) bond motifs is 1. The standard InChI is InChI=1S/C21H24FN3O2S/c1-14(2)27-16-10-8-15(9-11-16)20(26)25(13-12-24(3)4)21-23-19-17(22)6-5-7-18(19)28-21/h5-11,14H,12-13H2,1-4H3. The molecule has 0 fully saturated rings. The molecule has 0 aliphatic heterocycles. The summed E-state index contributed by atoms with van der Waals surface area (Å²) in [6, 6.07) is 11.9. The number of nitrogens with zero attached hydrogens (tertiary/aromatic N) is 3. The Balaban J connectivity index is 1.92. The number of ether oxygens (including phenoxy) is 1. The van der Waals surface area contributed by atoms with Crippen molar-refractivity contribution in [2.45, 2.75) is 20.0 Å². The number of rotatable bonds is 7. The molecule has 0 N–H and O–H groups in total. The highest BCUT2D eigenvalue weighted by Gasteiger charge is 2.22. The molecule has 7 heteroatoms. The van der Waals surface area contributed by atoms with Crippen LogP contribution in [0.15, 0.2) is 42.5 Å². The molecule has 0 unspecified atom stereocenters. The van der Waals surface area contributed by atoms with Gasteiger partial charge in [-0.3, -0.25) is 9.69 Å². The Hall–Kier alpha value is -2.51. The number of halogens is 1. The Labute approximate surface area is 168 Å². The molecule has 0 saturated carbocycles. The lowest BCUT2D eigenvalue weighted by Crippen LogP contribution is -2.36. The van der Waals surface area contributed by atoms with E-state index in [1.54, 1.807) is 35.2 Å². The highest BCUT2D eigenvalue weighted by molar-refractivity contribution is 7.22. The van der Waals surface area contributed by atoms with Gasteiger partial charge < -0.3 is 9.64 Å². The van der Waals surface area contributed by atoms with Crippen molar-refractivity contribution in [3.05, 3.63) is 53.8 Å². The molecule has 2 aromatic carbocycles. The average molecular weight is 402 g/mol. The van der Waals surface area contributed by atoms with Gasteiger partial charge in [-0.2, -0.15) is 0 Å². The van der Waals surface area contributed by atoms with Crippen LogP contribution in [-0.4, -0.2) is 49.1 Å². The molecular formula is C21H24FN3O2S. The largest absolute Gasteiger partial charge is 0.491 e. The Morgan fingerprint density at radius 1 is 1.14 bits per heavy atom. The third-order valence-corrected chi connectivity index (χ3v) is 5.12. The van der Waals surface area contributed by atoms with Gasteiger partial charge in [0.15, 0.2) is 5.13 Å². The number of carbonyl (C=O) groups excluding carboxylic acids is 1. The van der Waals surface area contributed by atoms with Crippen molar-refractivity contribution >= 4 is 32.6 Å². The molecule has 0 spiro atoms. The van der Waals surface area contributed by atoms with Crippen LogP contribution in [0, 0.1) is 5.82 Å². The first-order valence-corrected chi connectivity index (χ1v) is 9.95. The Kier molecular flexibility index (Phi) is 6.26. The second-order valence-corrected chi connectivity index (χ2v) is 8.04. The lowest BCUT2D eigenvalue weighted by molar-refractivity contribution is 0.0985. The molecule has 0 radical (unpaired) electrons. The number of aromatic nitrogens is 1. The molecular weight excluding hydrogens is 377 g/mol. The van der Waals surface area contributed by atoms with E-state index in [0.717, 1.165) is 4.70 Å². The van der Waals surface area contributed by atoms with Gasteiger partial charge in [0.1, 0.15) is 17.1 Å². The van der Waals surface area contributed by atoms with E-state index < -0.39 is 0 Å². The van der Waals surface area contributed by atoms with E-state index in [0.29, 0.717) is 35.1 Å². The predicted octanol–water partition coefficient (Wildman–Crippen LogP) is 4.43. The van der Waals surface area contributed by atoms with Gasteiger partial charge in [-0.15, -0.1) is 0 Å². The fourth-order valence-electron chi connectivity index (χ4n) is 2.71. The fourth-order valence-corrected chi connectivity index (χ4v) is 3.71. The molecule has 28 heavy (non-hydrogen) atoms. The minimum absolute atomic E-state index is 0.0655. The van der Waals surface area contributed by atoms with Crippen LogP contribution in [0.4, 0.5) is 9.52 Å². The second-order valence-electron chi connectivity index (χ2n) is 7.03. The Morgan fingerprint density at radius 2 is 1.86 bits per heavy atom. The summed E-state index contributed by atoms with van der Waals surface area (Å²) in [6.07, 6.45) is 0.0655. The molecule has 3 aromatic rings. The van der Waals surface area contributed by atoms with Gasteiger partial charge in [-0.05, 0) is 64.3 Å². The maximum absolute atomic E-state index is 14.1. The van der Waals surface area contributed by atoms with Crippen molar-refractivity contribution < 1.29 is 13.9 Å². The first-order valence-electron chi connectivity index (χ1n) is 9.13. The zero-order valence-electron chi connectivity index (χ0n) is 16.5. The smallest absolute Gasteiger partial charge is 0.260 e. The Morgan fingerprint density at radius 3 is 2.46 bits per heavy atom. The average Bonchev–Trinajstić information content (AvgIpc) is 3.07. The molecule has 1 heterocycles. The number of hydrogen-bond donors (Lipinski definition) is 0. The minimum atomic E-state index is -0.379. The fraction of sp³-hybridized carbons (Fsp3) is 0.333. The summed E-state index contributed by atoms with van der Waals surface area (Å²) in [5, 5.41) is 0.495.